The maximum atomic E-state index is 13.1. The summed E-state index contributed by atoms with van der Waals surface area (Å²) in [4.78, 5) is 29.3. The molecular formula is C17H20N2O4S. The van der Waals surface area contributed by atoms with Crippen LogP contribution in [0.4, 0.5) is 0 Å². The van der Waals surface area contributed by atoms with Crippen LogP contribution < -0.4 is 5.56 Å². The zero-order valence-electron chi connectivity index (χ0n) is 13.5. The number of rotatable bonds is 4. The van der Waals surface area contributed by atoms with Crippen LogP contribution in [0.2, 0.25) is 0 Å². The second-order valence-corrected chi connectivity index (χ2v) is 8.38. The Balaban J connectivity index is 2.04. The highest BCUT2D eigenvalue weighted by Crippen LogP contribution is 2.23. The van der Waals surface area contributed by atoms with E-state index in [1.54, 1.807) is 23.1 Å². The van der Waals surface area contributed by atoms with Gasteiger partial charge in [0.05, 0.1) is 17.1 Å². The van der Waals surface area contributed by atoms with Crippen LogP contribution in [0.15, 0.2) is 35.1 Å². The average molecular weight is 348 g/mol. The van der Waals surface area contributed by atoms with Gasteiger partial charge in [-0.2, -0.15) is 0 Å². The number of aromatic nitrogens is 1. The molecule has 0 radical (unpaired) electrons. The number of hydrogen-bond donors (Lipinski definition) is 1. The molecule has 1 amide bonds. The number of nitrogens with one attached hydrogen (secondary N) is 1. The number of carbonyl (C=O) groups excluding carboxylic acids is 1. The lowest BCUT2D eigenvalue weighted by atomic mass is 10.1. The van der Waals surface area contributed by atoms with E-state index in [4.69, 9.17) is 0 Å². The molecule has 3 rings (SSSR count). The largest absolute Gasteiger partial charge is 0.335 e. The van der Waals surface area contributed by atoms with E-state index in [0.29, 0.717) is 29.4 Å². The fourth-order valence-corrected chi connectivity index (χ4v) is 4.98. The normalized spacial score (nSPS) is 19.5. The van der Waals surface area contributed by atoms with Crippen molar-refractivity contribution in [3.8, 4) is 0 Å². The van der Waals surface area contributed by atoms with Crippen LogP contribution in [0.3, 0.4) is 0 Å². The van der Waals surface area contributed by atoms with Gasteiger partial charge in [0.1, 0.15) is 0 Å². The van der Waals surface area contributed by atoms with Crippen molar-refractivity contribution < 1.29 is 13.2 Å². The van der Waals surface area contributed by atoms with Gasteiger partial charge in [0.2, 0.25) is 5.56 Å². The standard InChI is InChI=1S/C17H20N2O4S/c1-2-8-19(12-7-9-24(22,23)11-12)17(21)14-10-16(20)18-15-6-4-3-5-13(14)15/h3-6,10,12H,2,7-9,11H2,1H3,(H,18,20). The smallest absolute Gasteiger partial charge is 0.255 e. The molecule has 1 fully saturated rings. The molecule has 1 saturated heterocycles. The lowest BCUT2D eigenvalue weighted by molar-refractivity contribution is 0.0699. The molecule has 2 aromatic rings. The number of benzene rings is 1. The van der Waals surface area contributed by atoms with E-state index >= 15 is 0 Å². The number of fused-ring (bicyclic) bond motifs is 1. The van der Waals surface area contributed by atoms with Gasteiger partial charge in [-0.1, -0.05) is 25.1 Å². The lowest BCUT2D eigenvalue weighted by Gasteiger charge is -2.28. The molecular weight excluding hydrogens is 328 g/mol. The number of carbonyl (C=O) groups is 1. The molecule has 0 saturated carbocycles. The van der Waals surface area contributed by atoms with Crippen LogP contribution in [0, 0.1) is 0 Å². The molecule has 24 heavy (non-hydrogen) atoms. The minimum atomic E-state index is -3.09. The molecule has 1 unspecified atom stereocenters. The van der Waals surface area contributed by atoms with Gasteiger partial charge in [-0.3, -0.25) is 9.59 Å². The number of nitrogens with zero attached hydrogens (tertiary/aromatic N) is 1. The number of hydrogen-bond acceptors (Lipinski definition) is 4. The maximum absolute atomic E-state index is 13.1. The zero-order chi connectivity index (χ0) is 17.3. The summed E-state index contributed by atoms with van der Waals surface area (Å²) in [6, 6.07) is 8.12. The van der Waals surface area contributed by atoms with E-state index in [0.717, 1.165) is 6.42 Å². The first kappa shape index (κ1) is 16.7. The quantitative estimate of drug-likeness (QED) is 0.908. The summed E-state index contributed by atoms with van der Waals surface area (Å²) in [6.07, 6.45) is 1.18. The molecule has 1 aliphatic heterocycles. The summed E-state index contributed by atoms with van der Waals surface area (Å²) in [5, 5.41) is 0.670. The molecule has 1 aromatic carbocycles. The minimum absolute atomic E-state index is 0.000136. The predicted molar refractivity (Wildman–Crippen MR) is 93.0 cm³/mol. The summed E-state index contributed by atoms with van der Waals surface area (Å²) in [5.41, 5.74) is 0.587. The van der Waals surface area contributed by atoms with Crippen molar-refractivity contribution in [1.82, 2.24) is 9.88 Å². The number of sulfone groups is 1. The Hall–Kier alpha value is -2.15. The van der Waals surface area contributed by atoms with Crippen LogP contribution in [0.5, 0.6) is 0 Å². The molecule has 2 heterocycles. The molecule has 1 aromatic heterocycles. The van der Waals surface area contributed by atoms with Gasteiger partial charge in [-0.25, -0.2) is 8.42 Å². The maximum Gasteiger partial charge on any atom is 0.255 e. The topological polar surface area (TPSA) is 87.3 Å². The number of H-pyrrole nitrogens is 1. The Bertz CT molecular complexity index is 933. The van der Waals surface area contributed by atoms with Gasteiger partial charge in [-0.05, 0) is 18.9 Å². The second kappa shape index (κ2) is 6.39. The zero-order valence-corrected chi connectivity index (χ0v) is 14.3. The minimum Gasteiger partial charge on any atom is -0.335 e. The van der Waals surface area contributed by atoms with E-state index in [9.17, 15) is 18.0 Å². The predicted octanol–water partition coefficient (Wildman–Crippen LogP) is 1.57. The third-order valence-corrected chi connectivity index (χ3v) is 6.11. The van der Waals surface area contributed by atoms with Crippen molar-refractivity contribution in [2.75, 3.05) is 18.1 Å². The SMILES string of the molecule is CCCN(C(=O)c1cc(=O)[nH]c2ccccc12)C1CCS(=O)(=O)C1. The van der Waals surface area contributed by atoms with Crippen molar-refractivity contribution in [1.29, 1.82) is 0 Å². The van der Waals surface area contributed by atoms with E-state index in [1.165, 1.54) is 6.07 Å². The van der Waals surface area contributed by atoms with Gasteiger partial charge in [0.25, 0.3) is 5.91 Å². The Morgan fingerprint density at radius 1 is 1.33 bits per heavy atom. The van der Waals surface area contributed by atoms with Crippen LogP contribution in [0.1, 0.15) is 30.1 Å². The molecule has 0 aliphatic carbocycles. The third kappa shape index (κ3) is 3.21. The van der Waals surface area contributed by atoms with Gasteiger partial charge in [0.15, 0.2) is 9.84 Å². The van der Waals surface area contributed by atoms with E-state index in [2.05, 4.69) is 4.98 Å². The van der Waals surface area contributed by atoms with Crippen molar-refractivity contribution in [2.24, 2.45) is 0 Å². The number of amides is 1. The summed E-state index contributed by atoms with van der Waals surface area (Å²) in [7, 11) is -3.09. The van der Waals surface area contributed by atoms with Gasteiger partial charge >= 0.3 is 0 Å². The Labute approximate surface area is 140 Å². The summed E-state index contributed by atoms with van der Waals surface area (Å²) >= 11 is 0. The first-order chi connectivity index (χ1) is 11.4. The van der Waals surface area contributed by atoms with Crippen molar-refractivity contribution >= 4 is 26.6 Å². The summed E-state index contributed by atoms with van der Waals surface area (Å²) in [6.45, 7) is 2.42. The molecule has 1 aliphatic rings. The van der Waals surface area contributed by atoms with Gasteiger partial charge in [-0.15, -0.1) is 0 Å². The second-order valence-electron chi connectivity index (χ2n) is 6.15. The van der Waals surface area contributed by atoms with Crippen LogP contribution in [0.25, 0.3) is 10.9 Å². The highest BCUT2D eigenvalue weighted by atomic mass is 32.2. The van der Waals surface area contributed by atoms with Crippen molar-refractivity contribution in [3.63, 3.8) is 0 Å². The fraction of sp³-hybridized carbons (Fsp3) is 0.412. The molecule has 128 valence electrons. The van der Waals surface area contributed by atoms with Crippen LogP contribution in [-0.2, 0) is 9.84 Å². The van der Waals surface area contributed by atoms with E-state index < -0.39 is 9.84 Å². The highest BCUT2D eigenvalue weighted by Gasteiger charge is 2.35. The summed E-state index contributed by atoms with van der Waals surface area (Å²) in [5.74, 6) is -0.164. The Kier molecular flexibility index (Phi) is 4.45. The monoisotopic (exact) mass is 348 g/mol. The molecule has 0 spiro atoms. The van der Waals surface area contributed by atoms with E-state index in [-0.39, 0.29) is 29.0 Å². The van der Waals surface area contributed by atoms with Gasteiger partial charge < -0.3 is 9.88 Å². The number of para-hydroxylation sites is 1. The van der Waals surface area contributed by atoms with Gasteiger partial charge in [0, 0.05) is 29.6 Å². The Morgan fingerprint density at radius 2 is 2.08 bits per heavy atom. The third-order valence-electron chi connectivity index (χ3n) is 4.36. The van der Waals surface area contributed by atoms with Crippen LogP contribution >= 0.6 is 0 Å². The highest BCUT2D eigenvalue weighted by molar-refractivity contribution is 7.91. The Morgan fingerprint density at radius 3 is 2.75 bits per heavy atom. The summed E-state index contributed by atoms with van der Waals surface area (Å²) < 4.78 is 23.6. The fourth-order valence-electron chi connectivity index (χ4n) is 3.25. The number of pyridine rings is 1. The van der Waals surface area contributed by atoms with E-state index in [1.807, 2.05) is 13.0 Å². The molecule has 1 atom stereocenters. The molecule has 7 heteroatoms. The van der Waals surface area contributed by atoms with Crippen LogP contribution in [-0.4, -0.2) is 48.3 Å². The molecule has 1 N–H and O–H groups in total. The number of aromatic amines is 1. The lowest BCUT2D eigenvalue weighted by Crippen LogP contribution is -2.42. The first-order valence-corrected chi connectivity index (χ1v) is 9.87. The molecule has 6 nitrogen and oxygen atoms in total. The van der Waals surface area contributed by atoms with Crippen molar-refractivity contribution in [2.45, 2.75) is 25.8 Å². The van der Waals surface area contributed by atoms with Crippen molar-refractivity contribution in [3.05, 3.63) is 46.2 Å². The average Bonchev–Trinajstić information content (AvgIpc) is 2.90. The first-order valence-electron chi connectivity index (χ1n) is 8.05. The molecule has 0 bridgehead atoms.